The lowest BCUT2D eigenvalue weighted by molar-refractivity contribution is -0.143. The van der Waals surface area contributed by atoms with Crippen LogP contribution in [0.1, 0.15) is 6.42 Å². The normalized spacial score (nSPS) is 29.8. The van der Waals surface area contributed by atoms with Crippen molar-refractivity contribution in [3.63, 3.8) is 0 Å². The van der Waals surface area contributed by atoms with Crippen LogP contribution in [0, 0.1) is 0 Å². The van der Waals surface area contributed by atoms with E-state index in [1.807, 2.05) is 0 Å². The van der Waals surface area contributed by atoms with E-state index in [9.17, 15) is 14.0 Å². The molecule has 0 aliphatic carbocycles. The number of methoxy groups -OCH3 is 1. The number of carbonyl (C=O) groups is 2. The third-order valence-electron chi connectivity index (χ3n) is 1.53. The zero-order valence-electron chi connectivity index (χ0n) is 5.96. The van der Waals surface area contributed by atoms with Crippen LogP contribution in [-0.4, -0.2) is 31.2 Å². The van der Waals surface area contributed by atoms with Crippen molar-refractivity contribution in [2.75, 3.05) is 7.11 Å². The molecule has 0 aromatic carbocycles. The van der Waals surface area contributed by atoms with Gasteiger partial charge in [0, 0.05) is 6.42 Å². The second kappa shape index (κ2) is 2.86. The zero-order valence-corrected chi connectivity index (χ0v) is 5.96. The first-order valence-corrected chi connectivity index (χ1v) is 3.17. The predicted octanol–water partition coefficient (Wildman–Crippen LogP) is -0.614. The summed E-state index contributed by atoms with van der Waals surface area (Å²) in [5.41, 5.74) is 0. The topological polar surface area (TPSA) is 55.4 Å². The predicted molar refractivity (Wildman–Crippen MR) is 33.5 cm³/mol. The maximum Gasteiger partial charge on any atom is 0.328 e. The number of carbonyl (C=O) groups excluding carboxylic acids is 2. The van der Waals surface area contributed by atoms with Crippen LogP contribution in [0.3, 0.4) is 0 Å². The van der Waals surface area contributed by atoms with Gasteiger partial charge in [-0.2, -0.15) is 0 Å². The van der Waals surface area contributed by atoms with Gasteiger partial charge in [0.2, 0.25) is 0 Å². The van der Waals surface area contributed by atoms with E-state index in [0.29, 0.717) is 0 Å². The highest BCUT2D eigenvalue weighted by atomic mass is 19.1. The Kier molecular flexibility index (Phi) is 2.07. The van der Waals surface area contributed by atoms with E-state index >= 15 is 0 Å². The Hall–Kier alpha value is -1.13. The van der Waals surface area contributed by atoms with Crippen molar-refractivity contribution in [3.8, 4) is 0 Å². The molecule has 2 atom stereocenters. The summed E-state index contributed by atoms with van der Waals surface area (Å²) in [6, 6.07) is -0.803. The molecule has 0 spiro atoms. The highest BCUT2D eigenvalue weighted by Crippen LogP contribution is 2.11. The van der Waals surface area contributed by atoms with Crippen LogP contribution in [0.5, 0.6) is 0 Å². The van der Waals surface area contributed by atoms with Gasteiger partial charge in [-0.15, -0.1) is 0 Å². The molecular formula is C6H8FNO3. The average molecular weight is 161 g/mol. The van der Waals surface area contributed by atoms with Crippen molar-refractivity contribution in [1.82, 2.24) is 5.32 Å². The molecule has 1 saturated heterocycles. The van der Waals surface area contributed by atoms with Crippen molar-refractivity contribution in [2.24, 2.45) is 0 Å². The minimum atomic E-state index is -1.57. The standard InChI is InChI=1S/C6H8FNO3/c1-11-6(10)4-2-3(7)5(9)8-4/h3-4H,2H2,1H3,(H,8,9)/t3-,4-/m0/s1. The summed E-state index contributed by atoms with van der Waals surface area (Å²) in [6.45, 7) is 0. The number of rotatable bonds is 1. The fourth-order valence-corrected chi connectivity index (χ4v) is 0.932. The zero-order chi connectivity index (χ0) is 8.43. The van der Waals surface area contributed by atoms with Crippen LogP contribution < -0.4 is 5.32 Å². The molecule has 0 aromatic rings. The molecule has 0 bridgehead atoms. The smallest absolute Gasteiger partial charge is 0.328 e. The number of hydrogen-bond donors (Lipinski definition) is 1. The van der Waals surface area contributed by atoms with Gasteiger partial charge in [0.25, 0.3) is 5.91 Å². The molecule has 0 saturated carbocycles. The maximum absolute atomic E-state index is 12.4. The van der Waals surface area contributed by atoms with Crippen LogP contribution in [0.4, 0.5) is 4.39 Å². The fraction of sp³-hybridized carbons (Fsp3) is 0.667. The molecule has 1 aliphatic heterocycles. The van der Waals surface area contributed by atoms with Gasteiger partial charge in [0.1, 0.15) is 6.04 Å². The Bertz CT molecular complexity index is 194. The van der Waals surface area contributed by atoms with Gasteiger partial charge in [-0.05, 0) is 0 Å². The Labute approximate surface area is 62.7 Å². The second-order valence-corrected chi connectivity index (χ2v) is 2.29. The molecule has 0 unspecified atom stereocenters. The van der Waals surface area contributed by atoms with Gasteiger partial charge < -0.3 is 10.1 Å². The first kappa shape index (κ1) is 7.97. The summed E-state index contributed by atoms with van der Waals surface area (Å²) < 4.78 is 16.8. The highest BCUT2D eigenvalue weighted by molar-refractivity contribution is 5.90. The number of ether oxygens (including phenoxy) is 1. The van der Waals surface area contributed by atoms with Gasteiger partial charge in [-0.25, -0.2) is 9.18 Å². The van der Waals surface area contributed by atoms with Gasteiger partial charge >= 0.3 is 5.97 Å². The summed E-state index contributed by atoms with van der Waals surface area (Å²) in [5, 5.41) is 2.17. The summed E-state index contributed by atoms with van der Waals surface area (Å²) in [6.07, 6.45) is -1.69. The lowest BCUT2D eigenvalue weighted by Crippen LogP contribution is -2.34. The third kappa shape index (κ3) is 1.47. The fourth-order valence-electron chi connectivity index (χ4n) is 0.932. The molecule has 62 valence electrons. The molecule has 5 heteroatoms. The average Bonchev–Trinajstić information content (AvgIpc) is 2.31. The summed E-state index contributed by atoms with van der Waals surface area (Å²) in [5.74, 6) is -1.33. The first-order valence-electron chi connectivity index (χ1n) is 3.17. The van der Waals surface area contributed by atoms with Crippen molar-refractivity contribution >= 4 is 11.9 Å². The van der Waals surface area contributed by atoms with E-state index in [1.165, 1.54) is 7.11 Å². The van der Waals surface area contributed by atoms with Crippen LogP contribution in [0.25, 0.3) is 0 Å². The second-order valence-electron chi connectivity index (χ2n) is 2.29. The third-order valence-corrected chi connectivity index (χ3v) is 1.53. The van der Waals surface area contributed by atoms with E-state index in [-0.39, 0.29) is 6.42 Å². The summed E-state index contributed by atoms with van der Waals surface area (Å²) >= 11 is 0. The van der Waals surface area contributed by atoms with Crippen molar-refractivity contribution in [2.45, 2.75) is 18.6 Å². The number of nitrogens with one attached hydrogen (secondary N) is 1. The quantitative estimate of drug-likeness (QED) is 0.522. The van der Waals surface area contributed by atoms with Crippen LogP contribution in [0.2, 0.25) is 0 Å². The molecule has 1 aliphatic rings. The van der Waals surface area contributed by atoms with Crippen LogP contribution in [0.15, 0.2) is 0 Å². The van der Waals surface area contributed by atoms with Crippen molar-refractivity contribution in [1.29, 1.82) is 0 Å². The Morgan fingerprint density at radius 2 is 2.45 bits per heavy atom. The van der Waals surface area contributed by atoms with Gasteiger partial charge in [0.05, 0.1) is 7.11 Å². The molecule has 1 rings (SSSR count). The SMILES string of the molecule is COC(=O)[C@@H]1C[C@H](F)C(=O)N1. The minimum absolute atomic E-state index is 0.120. The molecule has 1 amide bonds. The molecular weight excluding hydrogens is 153 g/mol. The lowest BCUT2D eigenvalue weighted by Gasteiger charge is -2.04. The van der Waals surface area contributed by atoms with Crippen molar-refractivity contribution in [3.05, 3.63) is 0 Å². The lowest BCUT2D eigenvalue weighted by atomic mass is 10.2. The Balaban J connectivity index is 2.53. The van der Waals surface area contributed by atoms with E-state index in [1.54, 1.807) is 0 Å². The first-order chi connectivity index (χ1) is 5.15. The minimum Gasteiger partial charge on any atom is -0.467 e. The molecule has 0 aromatic heterocycles. The van der Waals surface area contributed by atoms with Crippen LogP contribution >= 0.6 is 0 Å². The molecule has 1 heterocycles. The Morgan fingerprint density at radius 3 is 2.82 bits per heavy atom. The number of halogens is 1. The number of hydrogen-bond acceptors (Lipinski definition) is 3. The van der Waals surface area contributed by atoms with Gasteiger partial charge in [-0.1, -0.05) is 0 Å². The van der Waals surface area contributed by atoms with Gasteiger partial charge in [-0.3, -0.25) is 4.79 Å². The summed E-state index contributed by atoms with van der Waals surface area (Å²) in [7, 11) is 1.19. The van der Waals surface area contributed by atoms with Gasteiger partial charge in [0.15, 0.2) is 6.17 Å². The molecule has 4 nitrogen and oxygen atoms in total. The van der Waals surface area contributed by atoms with Crippen molar-refractivity contribution < 1.29 is 18.7 Å². The van der Waals surface area contributed by atoms with E-state index < -0.39 is 24.1 Å². The summed E-state index contributed by atoms with van der Waals surface area (Å²) in [4.78, 5) is 21.2. The maximum atomic E-state index is 12.4. The highest BCUT2D eigenvalue weighted by Gasteiger charge is 2.36. The molecule has 1 fully saturated rings. The van der Waals surface area contributed by atoms with E-state index in [4.69, 9.17) is 0 Å². The monoisotopic (exact) mass is 161 g/mol. The van der Waals surface area contributed by atoms with Crippen LogP contribution in [-0.2, 0) is 14.3 Å². The Morgan fingerprint density at radius 1 is 1.82 bits per heavy atom. The number of esters is 1. The number of amides is 1. The van der Waals surface area contributed by atoms with E-state index in [2.05, 4.69) is 10.1 Å². The molecule has 0 radical (unpaired) electrons. The van der Waals surface area contributed by atoms with E-state index in [0.717, 1.165) is 0 Å². The molecule has 1 N–H and O–H groups in total. The molecule has 11 heavy (non-hydrogen) atoms. The largest absolute Gasteiger partial charge is 0.467 e. The number of alkyl halides is 1.